The van der Waals surface area contributed by atoms with E-state index in [1.165, 1.54) is 0 Å². The molecule has 0 bridgehead atoms. The molecule has 33 heteroatoms. The monoisotopic (exact) mass is 1160 g/mol. The number of hydrogen-bond acceptors (Lipinski definition) is 19. The van der Waals surface area contributed by atoms with E-state index < -0.39 is 106 Å². The second-order valence-electron chi connectivity index (χ2n) is 16.0. The minimum absolute atomic E-state index is 0. The van der Waals surface area contributed by atoms with Gasteiger partial charge in [0.2, 0.25) is 13.6 Å². The van der Waals surface area contributed by atoms with Crippen LogP contribution >= 0.6 is 0 Å². The first-order valence-corrected chi connectivity index (χ1v) is 24.2. The second kappa shape index (κ2) is 39.9. The Balaban J connectivity index is -0.00000494. The van der Waals surface area contributed by atoms with E-state index in [1.807, 2.05) is 10.6 Å². The van der Waals surface area contributed by atoms with Gasteiger partial charge in [-0.05, 0) is 64.2 Å². The smallest absolute Gasteiger partial charge is 0.450 e. The third-order valence-electron chi connectivity index (χ3n) is 9.35. The summed E-state index contributed by atoms with van der Waals surface area (Å²) in [5.74, 6) is -2.63. The fourth-order valence-electron chi connectivity index (χ4n) is 5.53. The highest BCUT2D eigenvalue weighted by Gasteiger charge is 2.69. The van der Waals surface area contributed by atoms with Gasteiger partial charge < -0.3 is 59.2 Å². The van der Waals surface area contributed by atoms with Crippen LogP contribution in [0.2, 0.25) is 0 Å². The number of carbonyl (C=O) groups excluding carboxylic acids is 8. The summed E-state index contributed by atoms with van der Waals surface area (Å²) in [4.78, 5) is 91.7. The average molecular weight is 1170 g/mol. The molecule has 0 aliphatic carbocycles. The van der Waals surface area contributed by atoms with Crippen molar-refractivity contribution in [2.24, 2.45) is 0 Å². The first kappa shape index (κ1) is 71.6. The lowest BCUT2D eigenvalue weighted by molar-refractivity contribution is -0.566. The summed E-state index contributed by atoms with van der Waals surface area (Å²) >= 11 is 0. The van der Waals surface area contributed by atoms with Gasteiger partial charge in [0.05, 0.1) is 13.2 Å². The molecule has 0 aromatic heterocycles. The van der Waals surface area contributed by atoms with Crippen LogP contribution in [0.3, 0.4) is 0 Å². The number of ether oxygens (including phenoxy) is 11. The Kier molecular flexibility index (Phi) is 36.6. The quantitative estimate of drug-likeness (QED) is 0.0110. The SMILES string of the molecule is C=CC(=O)OCOC(=O)CCCCCOC(=O)NCCCCCCCNC(=O)OCC(F)(F)OC(F)(F)OC(F)(F)C(F)(F)OC(F)(F)COC(=O)NCCCCCCCNC(=O)OCCCCCC(=O)OCOC(=O)C=C.[HH].[HH].[HH].[HH]. The van der Waals surface area contributed by atoms with E-state index in [0.717, 1.165) is 12.2 Å². The van der Waals surface area contributed by atoms with Gasteiger partial charge >= 0.3 is 79.0 Å². The van der Waals surface area contributed by atoms with Crippen molar-refractivity contribution in [3.8, 4) is 0 Å². The molecule has 0 aliphatic heterocycles. The second-order valence-corrected chi connectivity index (χ2v) is 16.0. The fraction of sp³-hybridized carbons (Fsp3) is 0.733. The van der Waals surface area contributed by atoms with Crippen molar-refractivity contribution in [2.75, 3.05) is 66.2 Å². The highest BCUT2D eigenvalue weighted by molar-refractivity contribution is 5.81. The molecule has 78 heavy (non-hydrogen) atoms. The van der Waals surface area contributed by atoms with Crippen LogP contribution < -0.4 is 21.3 Å². The Morgan fingerprint density at radius 2 is 0.679 bits per heavy atom. The molecule has 458 valence electrons. The minimum atomic E-state index is -6.81. The standard InChI is InChI=1S/C45H66F10N4O19.4H2/c1-3-33(60)72-31-74-35(62)21-13-11-19-27-68-37(64)56-23-15-7-5-9-17-25-58-39(66)70-29-41(46,47)76-43(50,51)44(52,53)78-45(54,55)77-42(48,49)30-71-40(67)59-26-18-10-6-8-16-24-57-38(65)69-28-20-12-14-22-36(63)75-32-73-34(61)4-2;;;;/h3-4H,1-2,5-32H2,(H,56,64)(H,57,65)(H,58,66)(H,59,67);4*1H. The molecule has 0 aliphatic rings. The number of alkyl carbamates (subject to hydrolysis) is 4. The zero-order valence-corrected chi connectivity index (χ0v) is 42.4. The van der Waals surface area contributed by atoms with Crippen LogP contribution in [0.4, 0.5) is 63.1 Å². The molecular weight excluding hydrogens is 1090 g/mol. The lowest BCUT2D eigenvalue weighted by atomic mass is 10.1. The summed E-state index contributed by atoms with van der Waals surface area (Å²) in [6.07, 6.45) is -25.8. The summed E-state index contributed by atoms with van der Waals surface area (Å²) in [6, 6.07) is 0. The molecule has 23 nitrogen and oxygen atoms in total. The van der Waals surface area contributed by atoms with Crippen molar-refractivity contribution < 1.29 is 140 Å². The number of halogens is 10. The van der Waals surface area contributed by atoms with Gasteiger partial charge in [-0.15, -0.1) is 8.78 Å². The molecule has 0 rings (SSSR count). The average Bonchev–Trinajstić information content (AvgIpc) is 3.34. The Hall–Kier alpha value is -6.38. The molecular formula is C45H74F10N4O19. The first-order valence-electron chi connectivity index (χ1n) is 24.2. The van der Waals surface area contributed by atoms with Crippen LogP contribution in [-0.2, 0) is 71.3 Å². The maximum Gasteiger partial charge on any atom is 0.495 e. The van der Waals surface area contributed by atoms with E-state index in [0.29, 0.717) is 89.9 Å². The number of unbranched alkanes of at least 4 members (excludes halogenated alkanes) is 12. The number of amides is 4. The van der Waals surface area contributed by atoms with Gasteiger partial charge in [0.25, 0.3) is 0 Å². The van der Waals surface area contributed by atoms with Gasteiger partial charge in [-0.25, -0.2) is 43.0 Å². The largest absolute Gasteiger partial charge is 0.495 e. The van der Waals surface area contributed by atoms with E-state index in [4.69, 9.17) is 9.47 Å². The zero-order chi connectivity index (χ0) is 58.9. The van der Waals surface area contributed by atoms with Crippen LogP contribution in [0.25, 0.3) is 0 Å². The van der Waals surface area contributed by atoms with Crippen molar-refractivity contribution >= 4 is 48.3 Å². The molecule has 0 aromatic carbocycles. The van der Waals surface area contributed by atoms with Gasteiger partial charge in [0.15, 0.2) is 13.2 Å². The van der Waals surface area contributed by atoms with Crippen molar-refractivity contribution in [1.29, 1.82) is 0 Å². The van der Waals surface area contributed by atoms with Gasteiger partial charge in [-0.2, -0.15) is 35.1 Å². The summed E-state index contributed by atoms with van der Waals surface area (Å²) in [6.45, 7) is 0.724. The molecule has 0 radical (unpaired) electrons. The van der Waals surface area contributed by atoms with Crippen molar-refractivity contribution in [1.82, 2.24) is 21.3 Å². The van der Waals surface area contributed by atoms with Gasteiger partial charge in [-0.1, -0.05) is 51.7 Å². The Morgan fingerprint density at radius 3 is 1.04 bits per heavy atom. The normalized spacial score (nSPS) is 11.8. The molecule has 0 atom stereocenters. The molecule has 0 saturated heterocycles. The Morgan fingerprint density at radius 1 is 0.372 bits per heavy atom. The highest BCUT2D eigenvalue weighted by atomic mass is 19.3. The third kappa shape index (κ3) is 39.9. The highest BCUT2D eigenvalue weighted by Crippen LogP contribution is 2.44. The molecule has 0 saturated carbocycles. The van der Waals surface area contributed by atoms with E-state index in [1.54, 1.807) is 0 Å². The van der Waals surface area contributed by atoms with Gasteiger partial charge in [0.1, 0.15) is 0 Å². The first-order chi connectivity index (χ1) is 36.6. The summed E-state index contributed by atoms with van der Waals surface area (Å²) in [7, 11) is 0. The number of nitrogens with one attached hydrogen (secondary N) is 4. The minimum Gasteiger partial charge on any atom is -0.450 e. The lowest BCUT2D eigenvalue weighted by Gasteiger charge is -2.31. The maximum absolute atomic E-state index is 14.0. The van der Waals surface area contributed by atoms with Crippen LogP contribution in [0.5, 0.6) is 0 Å². The number of hydrogen-bond donors (Lipinski definition) is 4. The van der Waals surface area contributed by atoms with Crippen LogP contribution in [-0.4, -0.2) is 145 Å². The van der Waals surface area contributed by atoms with Crippen molar-refractivity contribution in [3.63, 3.8) is 0 Å². The fourth-order valence-corrected chi connectivity index (χ4v) is 5.53. The van der Waals surface area contributed by atoms with Crippen LogP contribution in [0.15, 0.2) is 25.3 Å². The van der Waals surface area contributed by atoms with E-state index in [-0.39, 0.29) is 70.8 Å². The van der Waals surface area contributed by atoms with E-state index in [2.05, 4.69) is 66.4 Å². The van der Waals surface area contributed by atoms with E-state index >= 15 is 0 Å². The van der Waals surface area contributed by atoms with Crippen LogP contribution in [0, 0.1) is 0 Å². The van der Waals surface area contributed by atoms with Crippen molar-refractivity contribution in [3.05, 3.63) is 25.3 Å². The van der Waals surface area contributed by atoms with Gasteiger partial charge in [0, 0.05) is 56.9 Å². The molecule has 0 aromatic rings. The number of alkyl halides is 10. The molecule has 0 spiro atoms. The number of carbonyl (C=O) groups is 8. The van der Waals surface area contributed by atoms with Gasteiger partial charge in [-0.3, -0.25) is 9.59 Å². The molecule has 4 amide bonds. The lowest BCUT2D eigenvalue weighted by Crippen LogP contribution is -2.54. The summed E-state index contributed by atoms with van der Waals surface area (Å²) in [5.41, 5.74) is 0. The maximum atomic E-state index is 14.0. The molecule has 0 heterocycles. The Labute approximate surface area is 447 Å². The molecule has 4 N–H and O–H groups in total. The zero-order valence-electron chi connectivity index (χ0n) is 42.4. The Bertz CT molecular complexity index is 1860. The topological polar surface area (TPSA) is 286 Å². The third-order valence-corrected chi connectivity index (χ3v) is 9.35. The van der Waals surface area contributed by atoms with Crippen LogP contribution in [0.1, 0.15) is 121 Å². The number of rotatable bonds is 45. The molecule has 0 unspecified atom stereocenters. The van der Waals surface area contributed by atoms with Crippen molar-refractivity contribution in [2.45, 2.75) is 146 Å². The summed E-state index contributed by atoms with van der Waals surface area (Å²) < 4.78 is 183. The predicted octanol–water partition coefficient (Wildman–Crippen LogP) is 9.33. The number of esters is 4. The predicted molar refractivity (Wildman–Crippen MR) is 251 cm³/mol. The van der Waals surface area contributed by atoms with E-state index in [9.17, 15) is 82.3 Å². The summed E-state index contributed by atoms with van der Waals surface area (Å²) in [5, 5.41) is 8.96. The molecule has 0 fully saturated rings.